The Labute approximate surface area is 157 Å². The van der Waals surface area contributed by atoms with Gasteiger partial charge in [-0.15, -0.1) is 0 Å². The van der Waals surface area contributed by atoms with Crippen LogP contribution in [0, 0.1) is 11.6 Å². The van der Waals surface area contributed by atoms with Gasteiger partial charge >= 0.3 is 0 Å². The molecule has 3 rings (SSSR count). The summed E-state index contributed by atoms with van der Waals surface area (Å²) in [4.78, 5) is 1.50. The lowest BCUT2D eigenvalue weighted by Crippen LogP contribution is -2.54. The van der Waals surface area contributed by atoms with Crippen LogP contribution in [-0.2, 0) is 21.2 Å². The number of sulfonamides is 1. The van der Waals surface area contributed by atoms with E-state index < -0.39 is 40.2 Å². The predicted molar refractivity (Wildman–Crippen MR) is 94.7 cm³/mol. The molecule has 1 aliphatic carbocycles. The van der Waals surface area contributed by atoms with Crippen LogP contribution >= 0.6 is 0 Å². The van der Waals surface area contributed by atoms with Gasteiger partial charge in [0.2, 0.25) is 16.4 Å². The summed E-state index contributed by atoms with van der Waals surface area (Å²) in [6.07, 6.45) is 4.01. The summed E-state index contributed by atoms with van der Waals surface area (Å²) in [5.74, 6) is -1.43. The van der Waals surface area contributed by atoms with Crippen LogP contribution in [0.2, 0.25) is 0 Å². The first-order valence-corrected chi connectivity index (χ1v) is 10.5. The molecule has 1 unspecified atom stereocenters. The van der Waals surface area contributed by atoms with Gasteiger partial charge in [0.15, 0.2) is 0 Å². The quantitative estimate of drug-likeness (QED) is 0.560. The number of aliphatic hydroxyl groups excluding tert-OH is 1. The number of hydrogen-bond acceptors (Lipinski definition) is 6. The Morgan fingerprint density at radius 2 is 1.96 bits per heavy atom. The van der Waals surface area contributed by atoms with Crippen LogP contribution in [0.1, 0.15) is 18.4 Å². The Morgan fingerprint density at radius 3 is 2.56 bits per heavy atom. The molecule has 7 nitrogen and oxygen atoms in total. The second kappa shape index (κ2) is 8.09. The van der Waals surface area contributed by atoms with Crippen LogP contribution in [0.3, 0.4) is 0 Å². The van der Waals surface area contributed by atoms with Crippen molar-refractivity contribution in [3.05, 3.63) is 47.9 Å². The Morgan fingerprint density at radius 1 is 1.30 bits per heavy atom. The van der Waals surface area contributed by atoms with Crippen LogP contribution in [0.4, 0.5) is 8.78 Å². The Kier molecular flexibility index (Phi) is 5.99. The molecule has 1 aromatic carbocycles. The molecule has 2 aliphatic rings. The second-order valence-corrected chi connectivity index (χ2v) is 8.69. The minimum atomic E-state index is -3.58. The lowest BCUT2D eigenvalue weighted by molar-refractivity contribution is -0.0189. The SMILES string of the molecule is CS(=O)(=O)NC1OC=CN1[C@@H](Cc1cc(F)cc(F)c1)[C@H](O)CNC1CC1. The molecule has 0 aromatic heterocycles. The zero-order valence-electron chi connectivity index (χ0n) is 14.8. The highest BCUT2D eigenvalue weighted by Gasteiger charge is 2.35. The van der Waals surface area contributed by atoms with Crippen LogP contribution in [0.15, 0.2) is 30.7 Å². The molecule has 1 heterocycles. The third-order valence-electron chi connectivity index (χ3n) is 4.41. The second-order valence-electron chi connectivity index (χ2n) is 6.91. The summed E-state index contributed by atoms with van der Waals surface area (Å²) in [5, 5.41) is 13.9. The summed E-state index contributed by atoms with van der Waals surface area (Å²) < 4.78 is 57.9. The van der Waals surface area contributed by atoms with E-state index in [0.717, 1.165) is 25.2 Å². The monoisotopic (exact) mass is 403 g/mol. The van der Waals surface area contributed by atoms with Crippen molar-refractivity contribution in [2.45, 2.75) is 43.8 Å². The highest BCUT2D eigenvalue weighted by atomic mass is 32.2. The van der Waals surface area contributed by atoms with Gasteiger partial charge in [-0.1, -0.05) is 0 Å². The van der Waals surface area contributed by atoms with Gasteiger partial charge in [0.1, 0.15) is 17.9 Å². The molecule has 0 radical (unpaired) electrons. The minimum absolute atomic E-state index is 0.0951. The van der Waals surface area contributed by atoms with Crippen molar-refractivity contribution in [1.29, 1.82) is 0 Å². The summed E-state index contributed by atoms with van der Waals surface area (Å²) >= 11 is 0. The van der Waals surface area contributed by atoms with Gasteiger partial charge in [0.05, 0.1) is 18.4 Å². The fourth-order valence-electron chi connectivity index (χ4n) is 3.01. The molecular weight excluding hydrogens is 380 g/mol. The molecule has 10 heteroatoms. The molecule has 0 bridgehead atoms. The van der Waals surface area contributed by atoms with Crippen molar-refractivity contribution >= 4 is 10.0 Å². The molecule has 1 aliphatic heterocycles. The molecule has 3 N–H and O–H groups in total. The summed E-state index contributed by atoms with van der Waals surface area (Å²) in [5.41, 5.74) is 0.348. The molecule has 27 heavy (non-hydrogen) atoms. The molecule has 1 fully saturated rings. The molecule has 0 saturated heterocycles. The summed E-state index contributed by atoms with van der Waals surface area (Å²) in [6.45, 7) is 0.267. The first-order chi connectivity index (χ1) is 12.7. The van der Waals surface area contributed by atoms with E-state index in [9.17, 15) is 22.3 Å². The topological polar surface area (TPSA) is 90.9 Å². The van der Waals surface area contributed by atoms with E-state index in [-0.39, 0.29) is 13.0 Å². The largest absolute Gasteiger partial charge is 0.462 e. The van der Waals surface area contributed by atoms with Crippen molar-refractivity contribution < 1.29 is 27.0 Å². The normalized spacial score (nSPS) is 21.9. The van der Waals surface area contributed by atoms with E-state index in [1.54, 1.807) is 0 Å². The highest BCUT2D eigenvalue weighted by molar-refractivity contribution is 7.88. The zero-order valence-corrected chi connectivity index (χ0v) is 15.6. The van der Waals surface area contributed by atoms with Crippen LogP contribution in [-0.4, -0.2) is 55.8 Å². The molecule has 3 atom stereocenters. The fraction of sp³-hybridized carbons (Fsp3) is 0.529. The van der Waals surface area contributed by atoms with E-state index in [1.807, 2.05) is 0 Å². The van der Waals surface area contributed by atoms with Gasteiger partial charge in [0.25, 0.3) is 0 Å². The zero-order chi connectivity index (χ0) is 19.6. The lowest BCUT2D eigenvalue weighted by atomic mass is 9.99. The van der Waals surface area contributed by atoms with E-state index >= 15 is 0 Å². The first-order valence-electron chi connectivity index (χ1n) is 8.64. The summed E-state index contributed by atoms with van der Waals surface area (Å²) in [6, 6.07) is 2.85. The number of hydrogen-bond donors (Lipinski definition) is 3. The van der Waals surface area contributed by atoms with Crippen molar-refractivity contribution in [2.75, 3.05) is 12.8 Å². The van der Waals surface area contributed by atoms with Gasteiger partial charge in [-0.25, -0.2) is 17.2 Å². The third kappa shape index (κ3) is 5.86. The number of rotatable bonds is 9. The van der Waals surface area contributed by atoms with E-state index in [1.165, 1.54) is 29.5 Å². The average Bonchev–Trinajstić information content (AvgIpc) is 3.27. The van der Waals surface area contributed by atoms with Crippen LogP contribution < -0.4 is 10.0 Å². The van der Waals surface area contributed by atoms with Gasteiger partial charge in [-0.2, -0.15) is 4.72 Å². The van der Waals surface area contributed by atoms with Crippen molar-refractivity contribution in [3.63, 3.8) is 0 Å². The standard InChI is InChI=1S/C17H23F2N3O4S/c1-27(24,25)21-17-22(4-5-26-17)15(16(23)10-20-14-2-3-14)8-11-6-12(18)9-13(19)7-11/h4-7,9,14-17,20-21,23H,2-3,8,10H2,1H3/t15-,16+,17?/m0/s1. The van der Waals surface area contributed by atoms with Crippen molar-refractivity contribution in [2.24, 2.45) is 0 Å². The number of nitrogens with one attached hydrogen (secondary N) is 2. The van der Waals surface area contributed by atoms with E-state index in [0.29, 0.717) is 11.6 Å². The number of ether oxygens (including phenoxy) is 1. The van der Waals surface area contributed by atoms with Gasteiger partial charge in [0, 0.05) is 24.9 Å². The van der Waals surface area contributed by atoms with Crippen LogP contribution in [0.5, 0.6) is 0 Å². The first kappa shape index (κ1) is 20.0. The maximum atomic E-state index is 13.6. The average molecular weight is 403 g/mol. The summed E-state index contributed by atoms with van der Waals surface area (Å²) in [7, 11) is -3.58. The van der Waals surface area contributed by atoms with Crippen molar-refractivity contribution in [3.8, 4) is 0 Å². The van der Waals surface area contributed by atoms with Gasteiger partial charge < -0.3 is 20.1 Å². The Bertz CT molecular complexity index is 781. The maximum absolute atomic E-state index is 13.6. The molecule has 0 spiro atoms. The van der Waals surface area contributed by atoms with Gasteiger partial charge in [-0.05, 0) is 37.0 Å². The number of halogens is 2. The molecule has 150 valence electrons. The Balaban J connectivity index is 1.80. The molecule has 1 aromatic rings. The van der Waals surface area contributed by atoms with Crippen LogP contribution in [0.25, 0.3) is 0 Å². The maximum Gasteiger partial charge on any atom is 0.241 e. The minimum Gasteiger partial charge on any atom is -0.462 e. The molecule has 1 saturated carbocycles. The van der Waals surface area contributed by atoms with Crippen molar-refractivity contribution in [1.82, 2.24) is 14.9 Å². The molecule has 0 amide bonds. The number of aliphatic hydroxyl groups is 1. The lowest BCUT2D eigenvalue weighted by Gasteiger charge is -2.35. The Hall–Kier alpha value is -1.75. The smallest absolute Gasteiger partial charge is 0.241 e. The predicted octanol–water partition coefficient (Wildman–Crippen LogP) is 0.625. The van der Waals surface area contributed by atoms with Gasteiger partial charge in [-0.3, -0.25) is 0 Å². The molecular formula is C17H23F2N3O4S. The third-order valence-corrected chi connectivity index (χ3v) is 5.04. The number of nitrogens with zero attached hydrogens (tertiary/aromatic N) is 1. The van der Waals surface area contributed by atoms with E-state index in [2.05, 4.69) is 10.0 Å². The van der Waals surface area contributed by atoms with E-state index in [4.69, 9.17) is 4.74 Å². The fourth-order valence-corrected chi connectivity index (χ4v) is 3.55. The highest BCUT2D eigenvalue weighted by Crippen LogP contribution is 2.23. The number of benzene rings is 1.